The first kappa shape index (κ1) is 15.4. The number of ether oxygens (including phenoxy) is 2. The van der Waals surface area contributed by atoms with Crippen LogP contribution in [0.15, 0.2) is 0 Å². The van der Waals surface area contributed by atoms with Crippen molar-refractivity contribution in [3.05, 3.63) is 0 Å². The molecule has 0 amide bonds. The Morgan fingerprint density at radius 2 is 1.94 bits per heavy atom. The molecule has 0 radical (unpaired) electrons. The van der Waals surface area contributed by atoms with Crippen LogP contribution in [0, 0.1) is 0 Å². The van der Waals surface area contributed by atoms with Gasteiger partial charge in [0, 0.05) is 13.7 Å². The summed E-state index contributed by atoms with van der Waals surface area (Å²) in [6.45, 7) is 3.89. The summed E-state index contributed by atoms with van der Waals surface area (Å²) in [4.78, 5) is 11.4. The number of carbonyl (C=O) groups is 1. The van der Waals surface area contributed by atoms with Crippen molar-refractivity contribution < 1.29 is 22.7 Å². The first-order chi connectivity index (χ1) is 7.49. The van der Waals surface area contributed by atoms with Crippen LogP contribution >= 0.6 is 0 Å². The minimum absolute atomic E-state index is 0.0435. The molecule has 1 atom stereocenters. The Labute approximate surface area is 97.0 Å². The zero-order valence-electron chi connectivity index (χ0n) is 10.1. The number of esters is 1. The van der Waals surface area contributed by atoms with E-state index in [1.807, 2.05) is 0 Å². The van der Waals surface area contributed by atoms with E-state index in [-0.39, 0.29) is 18.8 Å². The van der Waals surface area contributed by atoms with Crippen molar-refractivity contribution in [3.63, 3.8) is 0 Å². The lowest BCUT2D eigenvalue weighted by Gasteiger charge is -2.14. The van der Waals surface area contributed by atoms with Crippen LogP contribution in [-0.2, 0) is 24.1 Å². The first-order valence-corrected chi connectivity index (χ1v) is 7.08. The fourth-order valence-corrected chi connectivity index (χ4v) is 3.02. The van der Waals surface area contributed by atoms with E-state index >= 15 is 0 Å². The van der Waals surface area contributed by atoms with Gasteiger partial charge in [-0.1, -0.05) is 6.92 Å². The quantitative estimate of drug-likeness (QED) is 0.471. The van der Waals surface area contributed by atoms with Gasteiger partial charge in [0.25, 0.3) is 0 Å². The number of methoxy groups -OCH3 is 1. The third kappa shape index (κ3) is 4.94. The number of rotatable bonds is 8. The molecule has 0 bridgehead atoms. The minimum Gasteiger partial charge on any atom is -0.465 e. The third-order valence-electron chi connectivity index (χ3n) is 2.13. The Morgan fingerprint density at radius 1 is 1.31 bits per heavy atom. The molecule has 0 saturated heterocycles. The van der Waals surface area contributed by atoms with Crippen molar-refractivity contribution in [2.75, 3.05) is 26.1 Å². The molecule has 0 fully saturated rings. The van der Waals surface area contributed by atoms with Crippen molar-refractivity contribution in [3.8, 4) is 0 Å². The van der Waals surface area contributed by atoms with E-state index in [0.717, 1.165) is 0 Å². The molecule has 96 valence electrons. The number of carbonyl (C=O) groups excluding carboxylic acids is 1. The Morgan fingerprint density at radius 3 is 2.38 bits per heavy atom. The molecule has 0 N–H and O–H groups in total. The Balaban J connectivity index is 4.48. The van der Waals surface area contributed by atoms with E-state index in [1.54, 1.807) is 13.8 Å². The lowest BCUT2D eigenvalue weighted by atomic mass is 10.3. The summed E-state index contributed by atoms with van der Waals surface area (Å²) >= 11 is 0. The van der Waals surface area contributed by atoms with E-state index in [9.17, 15) is 13.2 Å². The second kappa shape index (κ2) is 7.62. The predicted molar refractivity (Wildman–Crippen MR) is 61.0 cm³/mol. The van der Waals surface area contributed by atoms with Crippen LogP contribution in [0.5, 0.6) is 0 Å². The van der Waals surface area contributed by atoms with Gasteiger partial charge in [0.2, 0.25) is 0 Å². The molecule has 0 aliphatic rings. The summed E-state index contributed by atoms with van der Waals surface area (Å²) < 4.78 is 33.1. The van der Waals surface area contributed by atoms with Crippen LogP contribution in [0.4, 0.5) is 0 Å². The molecule has 0 saturated carbocycles. The summed E-state index contributed by atoms with van der Waals surface area (Å²) in [6.07, 6.45) is 0.642. The smallest absolute Gasteiger partial charge is 0.324 e. The average molecular weight is 252 g/mol. The number of hydrogen-bond donors (Lipinski definition) is 0. The largest absolute Gasteiger partial charge is 0.465 e. The lowest BCUT2D eigenvalue weighted by molar-refractivity contribution is -0.142. The average Bonchev–Trinajstić information content (AvgIpc) is 2.18. The Hall–Kier alpha value is -0.620. The molecular weight excluding hydrogens is 232 g/mol. The van der Waals surface area contributed by atoms with Gasteiger partial charge in [0.15, 0.2) is 15.1 Å². The van der Waals surface area contributed by atoms with E-state index in [4.69, 9.17) is 9.47 Å². The van der Waals surface area contributed by atoms with Crippen molar-refractivity contribution in [2.45, 2.75) is 31.9 Å². The molecule has 5 nitrogen and oxygen atoms in total. The minimum atomic E-state index is -3.42. The number of hydrogen-bond acceptors (Lipinski definition) is 5. The van der Waals surface area contributed by atoms with Crippen LogP contribution in [0.25, 0.3) is 0 Å². The third-order valence-corrected chi connectivity index (χ3v) is 4.38. The maximum Gasteiger partial charge on any atom is 0.324 e. The zero-order valence-corrected chi connectivity index (χ0v) is 10.9. The zero-order chi connectivity index (χ0) is 12.6. The second-order valence-corrected chi connectivity index (χ2v) is 5.67. The van der Waals surface area contributed by atoms with Crippen LogP contribution in [0.1, 0.15) is 26.7 Å². The molecule has 0 aliphatic heterocycles. The topological polar surface area (TPSA) is 69.7 Å². The maximum atomic E-state index is 11.8. The summed E-state index contributed by atoms with van der Waals surface area (Å²) in [5.74, 6) is -0.694. The van der Waals surface area contributed by atoms with Crippen molar-refractivity contribution >= 4 is 15.8 Å². The molecule has 0 spiro atoms. The Kier molecular flexibility index (Phi) is 7.33. The SMILES string of the molecule is CCOC(=O)C(CC)S(=O)(=O)CCCOC. The van der Waals surface area contributed by atoms with Gasteiger partial charge in [-0.05, 0) is 19.8 Å². The monoisotopic (exact) mass is 252 g/mol. The molecular formula is C10H20O5S. The fraction of sp³-hybridized carbons (Fsp3) is 0.900. The Bertz CT molecular complexity index is 296. The van der Waals surface area contributed by atoms with Crippen molar-refractivity contribution in [2.24, 2.45) is 0 Å². The molecule has 0 rings (SSSR count). The van der Waals surface area contributed by atoms with Gasteiger partial charge >= 0.3 is 5.97 Å². The van der Waals surface area contributed by atoms with E-state index in [1.165, 1.54) is 7.11 Å². The molecule has 0 aliphatic carbocycles. The molecule has 6 heteroatoms. The van der Waals surface area contributed by atoms with Gasteiger partial charge in [0.05, 0.1) is 12.4 Å². The van der Waals surface area contributed by atoms with Crippen LogP contribution in [-0.4, -0.2) is 45.7 Å². The predicted octanol–water partition coefficient (Wildman–Crippen LogP) is 0.779. The van der Waals surface area contributed by atoms with Crippen molar-refractivity contribution in [1.29, 1.82) is 0 Å². The number of sulfone groups is 1. The summed E-state index contributed by atoms with van der Waals surface area (Å²) in [6, 6.07) is 0. The molecule has 0 aromatic carbocycles. The summed E-state index contributed by atoms with van der Waals surface area (Å²) in [7, 11) is -1.91. The highest BCUT2D eigenvalue weighted by molar-refractivity contribution is 7.92. The summed E-state index contributed by atoms with van der Waals surface area (Å²) in [5.41, 5.74) is 0. The molecule has 0 aromatic rings. The van der Waals surface area contributed by atoms with Gasteiger partial charge in [-0.3, -0.25) is 4.79 Å². The molecule has 0 heterocycles. The second-order valence-electron chi connectivity index (χ2n) is 3.36. The van der Waals surface area contributed by atoms with E-state index in [0.29, 0.717) is 13.0 Å². The van der Waals surface area contributed by atoms with Gasteiger partial charge in [-0.2, -0.15) is 0 Å². The van der Waals surface area contributed by atoms with Crippen LogP contribution in [0.2, 0.25) is 0 Å². The molecule has 16 heavy (non-hydrogen) atoms. The maximum absolute atomic E-state index is 11.8. The van der Waals surface area contributed by atoms with Crippen LogP contribution in [0.3, 0.4) is 0 Å². The highest BCUT2D eigenvalue weighted by Crippen LogP contribution is 2.10. The molecule has 0 aromatic heterocycles. The lowest BCUT2D eigenvalue weighted by Crippen LogP contribution is -2.33. The van der Waals surface area contributed by atoms with E-state index in [2.05, 4.69) is 0 Å². The standard InChI is InChI=1S/C10H20O5S/c1-4-9(10(11)15-5-2)16(12,13)8-6-7-14-3/h9H,4-8H2,1-3H3. The highest BCUT2D eigenvalue weighted by atomic mass is 32.2. The van der Waals surface area contributed by atoms with Gasteiger partial charge in [-0.15, -0.1) is 0 Å². The van der Waals surface area contributed by atoms with Crippen molar-refractivity contribution in [1.82, 2.24) is 0 Å². The van der Waals surface area contributed by atoms with Gasteiger partial charge < -0.3 is 9.47 Å². The highest BCUT2D eigenvalue weighted by Gasteiger charge is 2.31. The van der Waals surface area contributed by atoms with E-state index < -0.39 is 21.1 Å². The molecule has 1 unspecified atom stereocenters. The fourth-order valence-electron chi connectivity index (χ4n) is 1.35. The van der Waals surface area contributed by atoms with Gasteiger partial charge in [0.1, 0.15) is 0 Å². The first-order valence-electron chi connectivity index (χ1n) is 5.36. The van der Waals surface area contributed by atoms with Crippen LogP contribution < -0.4 is 0 Å². The van der Waals surface area contributed by atoms with Gasteiger partial charge in [-0.25, -0.2) is 8.42 Å². The normalized spacial score (nSPS) is 13.4. The summed E-state index contributed by atoms with van der Waals surface area (Å²) in [5, 5.41) is -1.04.